The summed E-state index contributed by atoms with van der Waals surface area (Å²) in [5.41, 5.74) is 5.36. The maximum atomic E-state index is 13.2. The molecular formula is C23H23N3O7. The summed E-state index contributed by atoms with van der Waals surface area (Å²) < 4.78 is 16.3. The highest BCUT2D eigenvalue weighted by atomic mass is 16.5. The maximum Gasteiger partial charge on any atom is 0.335 e. The molecule has 1 saturated heterocycles. The van der Waals surface area contributed by atoms with Gasteiger partial charge in [0.15, 0.2) is 18.1 Å². The van der Waals surface area contributed by atoms with Crippen molar-refractivity contribution in [1.82, 2.24) is 5.32 Å². The van der Waals surface area contributed by atoms with Gasteiger partial charge < -0.3 is 19.9 Å². The minimum atomic E-state index is -0.898. The first kappa shape index (κ1) is 23.3. The molecule has 33 heavy (non-hydrogen) atoms. The number of barbiturate groups is 1. The SMILES string of the molecule is CCCOc1ccc(N2C(=O)NC(=O)/C(=C\c3ccccc3OCC(N)=O)C2=O)cc1OC. The van der Waals surface area contributed by atoms with Crippen LogP contribution in [0.4, 0.5) is 10.5 Å². The van der Waals surface area contributed by atoms with E-state index in [1.165, 1.54) is 25.3 Å². The lowest BCUT2D eigenvalue weighted by molar-refractivity contribution is -0.123. The van der Waals surface area contributed by atoms with Crippen molar-refractivity contribution in [2.24, 2.45) is 5.73 Å². The summed E-state index contributed by atoms with van der Waals surface area (Å²) in [6.07, 6.45) is 2.07. The summed E-state index contributed by atoms with van der Waals surface area (Å²) >= 11 is 0. The molecule has 0 aliphatic carbocycles. The van der Waals surface area contributed by atoms with Crippen LogP contribution in [-0.4, -0.2) is 44.1 Å². The Labute approximate surface area is 189 Å². The van der Waals surface area contributed by atoms with Gasteiger partial charge in [0, 0.05) is 11.6 Å². The number of hydrogen-bond donors (Lipinski definition) is 2. The van der Waals surface area contributed by atoms with E-state index in [9.17, 15) is 19.2 Å². The van der Waals surface area contributed by atoms with Gasteiger partial charge in [-0.2, -0.15) is 0 Å². The summed E-state index contributed by atoms with van der Waals surface area (Å²) in [4.78, 5) is 50.0. The molecule has 10 nitrogen and oxygen atoms in total. The van der Waals surface area contributed by atoms with Gasteiger partial charge in [-0.15, -0.1) is 0 Å². The molecule has 0 radical (unpaired) electrons. The summed E-state index contributed by atoms with van der Waals surface area (Å²) in [5.74, 6) is -1.35. The van der Waals surface area contributed by atoms with E-state index in [1.807, 2.05) is 6.92 Å². The minimum absolute atomic E-state index is 0.190. The van der Waals surface area contributed by atoms with Crippen molar-refractivity contribution >= 4 is 35.5 Å². The van der Waals surface area contributed by atoms with E-state index in [4.69, 9.17) is 19.9 Å². The zero-order valence-corrected chi connectivity index (χ0v) is 18.1. The number of urea groups is 1. The first-order valence-electron chi connectivity index (χ1n) is 10.1. The smallest absolute Gasteiger partial charge is 0.335 e. The molecule has 3 rings (SSSR count). The molecule has 10 heteroatoms. The number of rotatable bonds is 9. The molecule has 1 aliphatic rings. The summed E-state index contributed by atoms with van der Waals surface area (Å²) in [5, 5.41) is 2.16. The molecule has 0 bridgehead atoms. The highest BCUT2D eigenvalue weighted by Crippen LogP contribution is 2.33. The predicted molar refractivity (Wildman–Crippen MR) is 119 cm³/mol. The van der Waals surface area contributed by atoms with E-state index in [0.717, 1.165) is 11.3 Å². The molecule has 0 aromatic heterocycles. The lowest BCUT2D eigenvalue weighted by Crippen LogP contribution is -2.54. The van der Waals surface area contributed by atoms with Crippen LogP contribution in [0.15, 0.2) is 48.0 Å². The number of amides is 5. The van der Waals surface area contributed by atoms with Crippen molar-refractivity contribution in [2.45, 2.75) is 13.3 Å². The van der Waals surface area contributed by atoms with Crippen LogP contribution in [-0.2, 0) is 14.4 Å². The third-order valence-corrected chi connectivity index (χ3v) is 4.56. The van der Waals surface area contributed by atoms with E-state index < -0.39 is 23.8 Å². The Balaban J connectivity index is 1.97. The highest BCUT2D eigenvalue weighted by Gasteiger charge is 2.37. The van der Waals surface area contributed by atoms with Crippen molar-refractivity contribution in [2.75, 3.05) is 25.2 Å². The molecule has 0 saturated carbocycles. The van der Waals surface area contributed by atoms with Gasteiger partial charge in [-0.05, 0) is 30.7 Å². The zero-order chi connectivity index (χ0) is 24.0. The van der Waals surface area contributed by atoms with Crippen LogP contribution in [0, 0.1) is 0 Å². The molecule has 5 amide bonds. The fourth-order valence-electron chi connectivity index (χ4n) is 3.05. The molecule has 1 aliphatic heterocycles. The number of carbonyl (C=O) groups is 4. The number of nitrogens with zero attached hydrogens (tertiary/aromatic N) is 1. The third-order valence-electron chi connectivity index (χ3n) is 4.56. The number of nitrogens with two attached hydrogens (primary N) is 1. The number of para-hydroxylation sites is 1. The summed E-state index contributed by atoms with van der Waals surface area (Å²) in [6, 6.07) is 10.1. The lowest BCUT2D eigenvalue weighted by Gasteiger charge is -2.27. The number of methoxy groups -OCH3 is 1. The molecule has 1 fully saturated rings. The van der Waals surface area contributed by atoms with E-state index >= 15 is 0 Å². The highest BCUT2D eigenvalue weighted by molar-refractivity contribution is 6.39. The van der Waals surface area contributed by atoms with Gasteiger partial charge >= 0.3 is 6.03 Å². The number of hydrogen-bond acceptors (Lipinski definition) is 7. The third kappa shape index (κ3) is 5.29. The first-order valence-corrected chi connectivity index (χ1v) is 10.1. The van der Waals surface area contributed by atoms with Crippen LogP contribution in [0.25, 0.3) is 6.08 Å². The molecule has 0 atom stereocenters. The summed E-state index contributed by atoms with van der Waals surface area (Å²) in [6.45, 7) is 2.05. The number of primary amides is 1. The Bertz CT molecular complexity index is 1130. The van der Waals surface area contributed by atoms with Gasteiger partial charge in [-0.25, -0.2) is 9.69 Å². The van der Waals surface area contributed by atoms with Gasteiger partial charge in [-0.1, -0.05) is 25.1 Å². The Morgan fingerprint density at radius 3 is 2.52 bits per heavy atom. The van der Waals surface area contributed by atoms with E-state index in [0.29, 0.717) is 23.7 Å². The molecule has 3 N–H and O–H groups in total. The first-order chi connectivity index (χ1) is 15.8. The summed E-state index contributed by atoms with van der Waals surface area (Å²) in [7, 11) is 1.44. The van der Waals surface area contributed by atoms with Gasteiger partial charge in [-0.3, -0.25) is 19.7 Å². The standard InChI is InChI=1S/C23H23N3O7/c1-3-10-32-18-9-8-15(12-19(18)31-2)26-22(29)16(21(28)25-23(26)30)11-14-6-4-5-7-17(14)33-13-20(24)27/h4-9,11-12H,3,10,13H2,1-2H3,(H2,24,27)(H,25,28,30)/b16-11+. The molecule has 2 aromatic rings. The van der Waals surface area contributed by atoms with Crippen molar-refractivity contribution < 1.29 is 33.4 Å². The number of carbonyl (C=O) groups excluding carboxylic acids is 4. The van der Waals surface area contributed by atoms with Crippen molar-refractivity contribution in [1.29, 1.82) is 0 Å². The van der Waals surface area contributed by atoms with Crippen molar-refractivity contribution in [3.8, 4) is 17.2 Å². The fourth-order valence-corrected chi connectivity index (χ4v) is 3.05. The second kappa shape index (κ2) is 10.3. The van der Waals surface area contributed by atoms with E-state index in [-0.39, 0.29) is 23.6 Å². The Hall–Kier alpha value is -4.34. The fraction of sp³-hybridized carbons (Fsp3) is 0.217. The van der Waals surface area contributed by atoms with Gasteiger partial charge in [0.1, 0.15) is 11.3 Å². The number of imide groups is 2. The zero-order valence-electron chi connectivity index (χ0n) is 18.1. The second-order valence-corrected chi connectivity index (χ2v) is 6.93. The Kier molecular flexibility index (Phi) is 7.29. The average Bonchev–Trinajstić information content (AvgIpc) is 2.79. The van der Waals surface area contributed by atoms with Gasteiger partial charge in [0.2, 0.25) is 0 Å². The molecule has 2 aromatic carbocycles. The van der Waals surface area contributed by atoms with E-state index in [2.05, 4.69) is 5.32 Å². The van der Waals surface area contributed by atoms with Crippen LogP contribution in [0.5, 0.6) is 17.2 Å². The lowest BCUT2D eigenvalue weighted by atomic mass is 10.1. The van der Waals surface area contributed by atoms with Gasteiger partial charge in [0.05, 0.1) is 19.4 Å². The number of nitrogens with one attached hydrogen (secondary N) is 1. The average molecular weight is 453 g/mol. The molecule has 172 valence electrons. The topological polar surface area (TPSA) is 137 Å². The van der Waals surface area contributed by atoms with Crippen LogP contribution in [0.2, 0.25) is 0 Å². The monoisotopic (exact) mass is 453 g/mol. The molecule has 0 spiro atoms. The number of benzene rings is 2. The van der Waals surface area contributed by atoms with E-state index in [1.54, 1.807) is 30.3 Å². The normalized spacial score (nSPS) is 14.8. The van der Waals surface area contributed by atoms with Crippen molar-refractivity contribution in [3.63, 3.8) is 0 Å². The quantitative estimate of drug-likeness (QED) is 0.438. The van der Waals surface area contributed by atoms with Crippen LogP contribution >= 0.6 is 0 Å². The largest absolute Gasteiger partial charge is 0.493 e. The molecule has 0 unspecified atom stereocenters. The molecule has 1 heterocycles. The number of anilines is 1. The second-order valence-electron chi connectivity index (χ2n) is 6.93. The Morgan fingerprint density at radius 1 is 1.06 bits per heavy atom. The minimum Gasteiger partial charge on any atom is -0.493 e. The van der Waals surface area contributed by atoms with Crippen LogP contribution in [0.3, 0.4) is 0 Å². The van der Waals surface area contributed by atoms with Crippen LogP contribution in [0.1, 0.15) is 18.9 Å². The number of ether oxygens (including phenoxy) is 3. The van der Waals surface area contributed by atoms with Gasteiger partial charge in [0.25, 0.3) is 17.7 Å². The van der Waals surface area contributed by atoms with Crippen molar-refractivity contribution in [3.05, 3.63) is 53.6 Å². The molecular weight excluding hydrogens is 430 g/mol. The van der Waals surface area contributed by atoms with Crippen LogP contribution < -0.4 is 30.2 Å². The predicted octanol–water partition coefficient (Wildman–Crippen LogP) is 2.01. The maximum absolute atomic E-state index is 13.2. The Morgan fingerprint density at radius 2 is 1.82 bits per heavy atom.